The van der Waals surface area contributed by atoms with Crippen LogP contribution in [0.15, 0.2) is 35.4 Å². The van der Waals surface area contributed by atoms with Gasteiger partial charge in [0, 0.05) is 10.7 Å². The Morgan fingerprint density at radius 1 is 1.24 bits per heavy atom. The van der Waals surface area contributed by atoms with Crippen molar-refractivity contribution in [1.82, 2.24) is 4.90 Å². The van der Waals surface area contributed by atoms with Gasteiger partial charge in [-0.25, -0.2) is 0 Å². The summed E-state index contributed by atoms with van der Waals surface area (Å²) in [4.78, 5) is 26.1. The minimum absolute atomic E-state index is 0.0912. The number of para-hydroxylation sites is 1. The fourth-order valence-corrected chi connectivity index (χ4v) is 3.24. The van der Waals surface area contributed by atoms with E-state index in [1.54, 1.807) is 0 Å². The van der Waals surface area contributed by atoms with Gasteiger partial charge >= 0.3 is 0 Å². The monoisotopic (exact) mass is 304 g/mol. The fraction of sp³-hybridized carbons (Fsp3) is 0.375. The van der Waals surface area contributed by atoms with Crippen molar-refractivity contribution >= 4 is 29.1 Å². The van der Waals surface area contributed by atoms with Gasteiger partial charge in [0.05, 0.1) is 18.5 Å². The lowest BCUT2D eigenvalue weighted by Gasteiger charge is -2.17. The van der Waals surface area contributed by atoms with Crippen LogP contribution in [0.2, 0.25) is 0 Å². The highest BCUT2D eigenvalue weighted by Gasteiger charge is 2.48. The summed E-state index contributed by atoms with van der Waals surface area (Å²) in [5, 5.41) is 3.86. The number of imide groups is 1. The van der Waals surface area contributed by atoms with Crippen molar-refractivity contribution in [3.05, 3.63) is 40.9 Å². The van der Waals surface area contributed by atoms with Crippen LogP contribution in [-0.4, -0.2) is 23.4 Å². The number of halogens is 1. The molecule has 0 unspecified atom stereocenters. The van der Waals surface area contributed by atoms with E-state index in [0.717, 1.165) is 11.3 Å². The number of anilines is 1. The molecule has 1 aliphatic heterocycles. The van der Waals surface area contributed by atoms with Crippen molar-refractivity contribution in [3.63, 3.8) is 0 Å². The molecule has 1 heterocycles. The highest BCUT2D eigenvalue weighted by molar-refractivity contribution is 6.30. The van der Waals surface area contributed by atoms with Crippen molar-refractivity contribution in [3.8, 4) is 0 Å². The van der Waals surface area contributed by atoms with Crippen LogP contribution < -0.4 is 5.32 Å². The van der Waals surface area contributed by atoms with Crippen molar-refractivity contribution in [2.45, 2.75) is 19.8 Å². The summed E-state index contributed by atoms with van der Waals surface area (Å²) in [6.45, 7) is 2.20. The summed E-state index contributed by atoms with van der Waals surface area (Å²) in [5.74, 6) is -0.726. The summed E-state index contributed by atoms with van der Waals surface area (Å²) in [6.07, 6.45) is 2.90. The molecule has 0 spiro atoms. The number of aryl methyl sites for hydroxylation is 1. The van der Waals surface area contributed by atoms with Gasteiger partial charge in [-0.15, -0.1) is 0 Å². The Labute approximate surface area is 128 Å². The van der Waals surface area contributed by atoms with E-state index in [4.69, 9.17) is 11.6 Å². The third-order valence-corrected chi connectivity index (χ3v) is 4.54. The summed E-state index contributed by atoms with van der Waals surface area (Å²) >= 11 is 6.00. The average Bonchev–Trinajstić information content (AvgIpc) is 2.70. The number of allylic oxidation sites excluding steroid dienone is 2. The molecule has 5 heteroatoms. The molecule has 1 aromatic carbocycles. The third kappa shape index (κ3) is 2.56. The SMILES string of the molecule is Cc1ccccc1NCN1C(=O)[C@H]2CC=C(Cl)C[C@H]2C1=O. The lowest BCUT2D eigenvalue weighted by Crippen LogP contribution is -2.35. The Balaban J connectivity index is 1.71. The van der Waals surface area contributed by atoms with Gasteiger partial charge in [0.25, 0.3) is 0 Å². The maximum Gasteiger partial charge on any atom is 0.234 e. The number of carbonyl (C=O) groups excluding carboxylic acids is 2. The summed E-state index contributed by atoms with van der Waals surface area (Å²) in [5.41, 5.74) is 2.02. The Morgan fingerprint density at radius 2 is 1.95 bits per heavy atom. The molecule has 0 aromatic heterocycles. The Kier molecular flexibility index (Phi) is 3.72. The first-order valence-corrected chi connectivity index (χ1v) is 7.45. The molecule has 1 aromatic rings. The first-order chi connectivity index (χ1) is 10.1. The molecular formula is C16H17ClN2O2. The zero-order valence-electron chi connectivity index (χ0n) is 11.8. The van der Waals surface area contributed by atoms with E-state index in [9.17, 15) is 9.59 Å². The molecule has 2 amide bonds. The standard InChI is InChI=1S/C16H17ClN2O2/c1-10-4-2-3-5-14(10)18-9-19-15(20)12-7-6-11(17)8-13(12)16(19)21/h2-6,12-13,18H,7-9H2,1H3/t12-,13+/m0/s1. The van der Waals surface area contributed by atoms with Crippen LogP contribution in [0.5, 0.6) is 0 Å². The van der Waals surface area contributed by atoms with Crippen LogP contribution in [-0.2, 0) is 9.59 Å². The van der Waals surface area contributed by atoms with E-state index in [2.05, 4.69) is 5.32 Å². The molecule has 0 radical (unpaired) electrons. The average molecular weight is 305 g/mol. The second kappa shape index (κ2) is 5.53. The van der Waals surface area contributed by atoms with Crippen LogP contribution >= 0.6 is 11.6 Å². The number of carbonyl (C=O) groups is 2. The maximum atomic E-state index is 12.4. The Hall–Kier alpha value is -1.81. The predicted molar refractivity (Wildman–Crippen MR) is 81.7 cm³/mol. The molecule has 4 nitrogen and oxygen atoms in total. The van der Waals surface area contributed by atoms with E-state index in [1.807, 2.05) is 37.3 Å². The predicted octanol–water partition coefficient (Wildman–Crippen LogP) is 2.88. The Bertz CT molecular complexity index is 626. The van der Waals surface area contributed by atoms with Gasteiger partial charge in [-0.2, -0.15) is 0 Å². The number of hydrogen-bond acceptors (Lipinski definition) is 3. The number of fused-ring (bicyclic) bond motifs is 1. The quantitative estimate of drug-likeness (QED) is 0.874. The molecule has 110 valence electrons. The molecule has 1 saturated heterocycles. The van der Waals surface area contributed by atoms with Gasteiger partial charge in [0.2, 0.25) is 11.8 Å². The molecule has 2 atom stereocenters. The van der Waals surface area contributed by atoms with Crippen LogP contribution in [0.1, 0.15) is 18.4 Å². The lowest BCUT2D eigenvalue weighted by molar-refractivity contribution is -0.139. The number of likely N-dealkylation sites (tertiary alicyclic amines) is 1. The molecule has 1 fully saturated rings. The zero-order valence-corrected chi connectivity index (χ0v) is 12.6. The van der Waals surface area contributed by atoms with E-state index >= 15 is 0 Å². The van der Waals surface area contributed by atoms with Crippen molar-refractivity contribution in [1.29, 1.82) is 0 Å². The zero-order chi connectivity index (χ0) is 15.0. The highest BCUT2D eigenvalue weighted by Crippen LogP contribution is 2.38. The molecule has 1 aliphatic carbocycles. The van der Waals surface area contributed by atoms with Crippen LogP contribution in [0.3, 0.4) is 0 Å². The molecule has 21 heavy (non-hydrogen) atoms. The van der Waals surface area contributed by atoms with E-state index in [-0.39, 0.29) is 30.3 Å². The summed E-state index contributed by atoms with van der Waals surface area (Å²) in [7, 11) is 0. The van der Waals surface area contributed by atoms with Gasteiger partial charge in [-0.3, -0.25) is 14.5 Å². The van der Waals surface area contributed by atoms with Crippen LogP contribution in [0.4, 0.5) is 5.69 Å². The maximum absolute atomic E-state index is 12.4. The van der Waals surface area contributed by atoms with Gasteiger partial charge in [-0.1, -0.05) is 35.9 Å². The lowest BCUT2D eigenvalue weighted by atomic mass is 9.85. The number of amides is 2. The van der Waals surface area contributed by atoms with Gasteiger partial charge in [0.1, 0.15) is 0 Å². The van der Waals surface area contributed by atoms with Crippen molar-refractivity contribution in [2.24, 2.45) is 11.8 Å². The van der Waals surface area contributed by atoms with Gasteiger partial charge in [0.15, 0.2) is 0 Å². The molecule has 1 N–H and O–H groups in total. The summed E-state index contributed by atoms with van der Waals surface area (Å²) in [6, 6.07) is 7.80. The molecule has 0 bridgehead atoms. The molecule has 0 saturated carbocycles. The number of rotatable bonds is 3. The fourth-order valence-electron chi connectivity index (χ4n) is 2.99. The number of hydrogen-bond donors (Lipinski definition) is 1. The Morgan fingerprint density at radius 3 is 2.71 bits per heavy atom. The third-order valence-electron chi connectivity index (χ3n) is 4.23. The minimum atomic E-state index is -0.284. The largest absolute Gasteiger partial charge is 0.367 e. The van der Waals surface area contributed by atoms with E-state index in [0.29, 0.717) is 17.9 Å². The van der Waals surface area contributed by atoms with Crippen LogP contribution in [0, 0.1) is 18.8 Å². The van der Waals surface area contributed by atoms with Crippen molar-refractivity contribution in [2.75, 3.05) is 12.0 Å². The van der Waals surface area contributed by atoms with Gasteiger partial charge < -0.3 is 5.32 Å². The second-order valence-corrected chi connectivity index (χ2v) is 6.04. The molecular weight excluding hydrogens is 288 g/mol. The smallest absolute Gasteiger partial charge is 0.234 e. The topological polar surface area (TPSA) is 49.4 Å². The number of nitrogens with zero attached hydrogens (tertiary/aromatic N) is 1. The van der Waals surface area contributed by atoms with E-state index < -0.39 is 0 Å². The minimum Gasteiger partial charge on any atom is -0.367 e. The van der Waals surface area contributed by atoms with Crippen molar-refractivity contribution < 1.29 is 9.59 Å². The van der Waals surface area contributed by atoms with Crippen LogP contribution in [0.25, 0.3) is 0 Å². The second-order valence-electron chi connectivity index (χ2n) is 5.56. The first kappa shape index (κ1) is 14.1. The summed E-state index contributed by atoms with van der Waals surface area (Å²) < 4.78 is 0. The normalized spacial score (nSPS) is 24.9. The number of nitrogens with one attached hydrogen (secondary N) is 1. The first-order valence-electron chi connectivity index (χ1n) is 7.07. The van der Waals surface area contributed by atoms with E-state index in [1.165, 1.54) is 4.90 Å². The molecule has 2 aliphatic rings. The number of benzene rings is 1. The molecule has 3 rings (SSSR count). The highest BCUT2D eigenvalue weighted by atomic mass is 35.5. The van der Waals surface area contributed by atoms with Gasteiger partial charge in [-0.05, 0) is 31.4 Å².